The predicted octanol–water partition coefficient (Wildman–Crippen LogP) is 3.95. The zero-order valence-electron chi connectivity index (χ0n) is 17.1. The SMILES string of the molecule is Cc1cc(C)c(S(=O)(=O)NCC2CCN(c3nc4ccccc4o3)CC2)cc1C. The Hall–Kier alpha value is -2.38. The van der Waals surface area contributed by atoms with Crippen molar-refractivity contribution in [1.29, 1.82) is 0 Å². The van der Waals surface area contributed by atoms with Crippen LogP contribution < -0.4 is 9.62 Å². The number of aryl methyl sites for hydroxylation is 3. The summed E-state index contributed by atoms with van der Waals surface area (Å²) in [5.41, 5.74) is 4.53. The summed E-state index contributed by atoms with van der Waals surface area (Å²) in [7, 11) is -3.51. The molecule has 1 aromatic heterocycles. The number of nitrogens with one attached hydrogen (secondary N) is 1. The fourth-order valence-corrected chi connectivity index (χ4v) is 5.28. The van der Waals surface area contributed by atoms with Crippen molar-refractivity contribution in [3.8, 4) is 0 Å². The van der Waals surface area contributed by atoms with Gasteiger partial charge in [0.1, 0.15) is 5.52 Å². The lowest BCUT2D eigenvalue weighted by atomic mass is 9.97. The highest BCUT2D eigenvalue weighted by Crippen LogP contribution is 2.26. The molecule has 29 heavy (non-hydrogen) atoms. The summed E-state index contributed by atoms with van der Waals surface area (Å²) in [4.78, 5) is 7.08. The van der Waals surface area contributed by atoms with Gasteiger partial charge in [0.15, 0.2) is 5.58 Å². The fraction of sp³-hybridized carbons (Fsp3) is 0.409. The number of hydrogen-bond acceptors (Lipinski definition) is 5. The third-order valence-electron chi connectivity index (χ3n) is 5.81. The van der Waals surface area contributed by atoms with Crippen LogP contribution >= 0.6 is 0 Å². The number of anilines is 1. The molecule has 0 radical (unpaired) electrons. The Kier molecular flexibility index (Phi) is 5.36. The second-order valence-corrected chi connectivity index (χ2v) is 9.68. The summed E-state index contributed by atoms with van der Waals surface area (Å²) in [5.74, 6) is 0.303. The van der Waals surface area contributed by atoms with Crippen molar-refractivity contribution in [2.45, 2.75) is 38.5 Å². The molecule has 1 aliphatic rings. The maximum atomic E-state index is 12.8. The van der Waals surface area contributed by atoms with Gasteiger partial charge in [-0.15, -0.1) is 0 Å². The van der Waals surface area contributed by atoms with E-state index < -0.39 is 10.0 Å². The largest absolute Gasteiger partial charge is 0.423 e. The number of hydrogen-bond donors (Lipinski definition) is 1. The van der Waals surface area contributed by atoms with Crippen molar-refractivity contribution in [3.63, 3.8) is 0 Å². The van der Waals surface area contributed by atoms with Gasteiger partial charge >= 0.3 is 0 Å². The molecule has 4 rings (SSSR count). The molecule has 0 saturated carbocycles. The number of sulfonamides is 1. The first kappa shape index (κ1) is 19.9. The van der Waals surface area contributed by atoms with E-state index in [4.69, 9.17) is 4.42 Å². The molecule has 1 fully saturated rings. The van der Waals surface area contributed by atoms with Crippen LogP contribution in [0.25, 0.3) is 11.1 Å². The molecule has 1 N–H and O–H groups in total. The molecule has 1 saturated heterocycles. The third kappa shape index (κ3) is 4.16. The Labute approximate surface area is 172 Å². The molecule has 0 atom stereocenters. The molecule has 7 heteroatoms. The smallest absolute Gasteiger partial charge is 0.298 e. The minimum Gasteiger partial charge on any atom is -0.423 e. The summed E-state index contributed by atoms with van der Waals surface area (Å²) in [6, 6.07) is 12.1. The lowest BCUT2D eigenvalue weighted by Crippen LogP contribution is -2.39. The van der Waals surface area contributed by atoms with Gasteiger partial charge in [0, 0.05) is 19.6 Å². The Morgan fingerprint density at radius 2 is 1.76 bits per heavy atom. The lowest BCUT2D eigenvalue weighted by Gasteiger charge is -2.30. The Morgan fingerprint density at radius 3 is 2.48 bits per heavy atom. The van der Waals surface area contributed by atoms with Crippen molar-refractivity contribution >= 4 is 27.1 Å². The van der Waals surface area contributed by atoms with E-state index >= 15 is 0 Å². The molecule has 0 aliphatic carbocycles. The molecule has 3 aromatic rings. The second kappa shape index (κ2) is 7.80. The van der Waals surface area contributed by atoms with Crippen molar-refractivity contribution < 1.29 is 12.8 Å². The Bertz CT molecular complexity index is 1100. The number of piperidine rings is 1. The van der Waals surface area contributed by atoms with Gasteiger partial charge in [-0.25, -0.2) is 13.1 Å². The van der Waals surface area contributed by atoms with E-state index in [0.717, 1.165) is 53.7 Å². The van der Waals surface area contributed by atoms with Crippen LogP contribution in [0.5, 0.6) is 0 Å². The number of oxazole rings is 1. The predicted molar refractivity (Wildman–Crippen MR) is 115 cm³/mol. The molecule has 0 unspecified atom stereocenters. The molecular weight excluding hydrogens is 386 g/mol. The van der Waals surface area contributed by atoms with Crippen molar-refractivity contribution in [2.24, 2.45) is 5.92 Å². The van der Waals surface area contributed by atoms with Gasteiger partial charge < -0.3 is 9.32 Å². The molecule has 154 valence electrons. The van der Waals surface area contributed by atoms with Gasteiger partial charge in [0.2, 0.25) is 10.0 Å². The average molecular weight is 414 g/mol. The van der Waals surface area contributed by atoms with Crippen LogP contribution in [0, 0.1) is 26.7 Å². The van der Waals surface area contributed by atoms with Crippen LogP contribution in [0.4, 0.5) is 6.01 Å². The third-order valence-corrected chi connectivity index (χ3v) is 7.38. The maximum Gasteiger partial charge on any atom is 0.298 e. The van der Waals surface area contributed by atoms with E-state index in [2.05, 4.69) is 14.6 Å². The second-order valence-electron chi connectivity index (χ2n) is 7.95. The van der Waals surface area contributed by atoms with Gasteiger partial charge in [0.25, 0.3) is 6.01 Å². The van der Waals surface area contributed by atoms with E-state index in [9.17, 15) is 8.42 Å². The highest BCUT2D eigenvalue weighted by Gasteiger charge is 2.25. The molecule has 0 bridgehead atoms. The molecule has 0 spiro atoms. The van der Waals surface area contributed by atoms with Gasteiger partial charge in [-0.1, -0.05) is 18.2 Å². The Balaban J connectivity index is 1.37. The average Bonchev–Trinajstić information content (AvgIpc) is 3.14. The summed E-state index contributed by atoms with van der Waals surface area (Å²) >= 11 is 0. The summed E-state index contributed by atoms with van der Waals surface area (Å²) in [5, 5.41) is 0. The number of benzene rings is 2. The topological polar surface area (TPSA) is 75.4 Å². The van der Waals surface area contributed by atoms with Crippen LogP contribution in [0.15, 0.2) is 45.7 Å². The van der Waals surface area contributed by atoms with E-state index in [1.54, 1.807) is 6.07 Å². The van der Waals surface area contributed by atoms with E-state index in [0.29, 0.717) is 23.4 Å². The number of aromatic nitrogens is 1. The van der Waals surface area contributed by atoms with Crippen LogP contribution in [-0.4, -0.2) is 33.0 Å². The van der Waals surface area contributed by atoms with Crippen LogP contribution in [-0.2, 0) is 10.0 Å². The molecule has 6 nitrogen and oxygen atoms in total. The fourth-order valence-electron chi connectivity index (χ4n) is 3.85. The molecular formula is C22H27N3O3S. The first-order valence-corrected chi connectivity index (χ1v) is 11.5. The number of nitrogens with zero attached hydrogens (tertiary/aromatic N) is 2. The van der Waals surface area contributed by atoms with Gasteiger partial charge in [0.05, 0.1) is 4.90 Å². The molecule has 0 amide bonds. The Morgan fingerprint density at radius 1 is 1.07 bits per heavy atom. The zero-order chi connectivity index (χ0) is 20.6. The first-order valence-electron chi connectivity index (χ1n) is 10.0. The molecule has 1 aliphatic heterocycles. The monoisotopic (exact) mass is 413 g/mol. The first-order chi connectivity index (χ1) is 13.8. The quantitative estimate of drug-likeness (QED) is 0.685. The highest BCUT2D eigenvalue weighted by atomic mass is 32.2. The molecule has 2 heterocycles. The van der Waals surface area contributed by atoms with Crippen molar-refractivity contribution in [3.05, 3.63) is 53.1 Å². The minimum absolute atomic E-state index is 0.303. The number of fused-ring (bicyclic) bond motifs is 1. The maximum absolute atomic E-state index is 12.8. The minimum atomic E-state index is -3.51. The van der Waals surface area contributed by atoms with E-state index in [1.165, 1.54) is 0 Å². The van der Waals surface area contributed by atoms with E-state index in [-0.39, 0.29) is 0 Å². The van der Waals surface area contributed by atoms with Crippen LogP contribution in [0.2, 0.25) is 0 Å². The number of rotatable bonds is 5. The van der Waals surface area contributed by atoms with Crippen molar-refractivity contribution in [1.82, 2.24) is 9.71 Å². The number of para-hydroxylation sites is 2. The van der Waals surface area contributed by atoms with Gasteiger partial charge in [-0.2, -0.15) is 4.98 Å². The lowest BCUT2D eigenvalue weighted by molar-refractivity contribution is 0.387. The molecule has 2 aromatic carbocycles. The van der Waals surface area contributed by atoms with E-state index in [1.807, 2.05) is 51.1 Å². The van der Waals surface area contributed by atoms with Gasteiger partial charge in [-0.05, 0) is 74.4 Å². The zero-order valence-corrected chi connectivity index (χ0v) is 17.9. The summed E-state index contributed by atoms with van der Waals surface area (Å²) in [6.07, 6.45) is 1.79. The van der Waals surface area contributed by atoms with Crippen LogP contribution in [0.3, 0.4) is 0 Å². The standard InChI is InChI=1S/C22H27N3O3S/c1-15-12-17(3)21(13-16(15)2)29(26,27)23-14-18-8-10-25(11-9-18)22-24-19-6-4-5-7-20(19)28-22/h4-7,12-13,18,23H,8-11,14H2,1-3H3. The van der Waals surface area contributed by atoms with Crippen molar-refractivity contribution in [2.75, 3.05) is 24.5 Å². The van der Waals surface area contributed by atoms with Gasteiger partial charge in [-0.3, -0.25) is 0 Å². The summed E-state index contributed by atoms with van der Waals surface area (Å²) < 4.78 is 34.3. The normalized spacial score (nSPS) is 15.9. The van der Waals surface area contributed by atoms with Crippen LogP contribution in [0.1, 0.15) is 29.5 Å². The highest BCUT2D eigenvalue weighted by molar-refractivity contribution is 7.89. The summed E-state index contributed by atoms with van der Waals surface area (Å²) in [6.45, 7) is 7.85.